The fourth-order valence-electron chi connectivity index (χ4n) is 1.26. The van der Waals surface area contributed by atoms with Gasteiger partial charge >= 0.3 is 0 Å². The van der Waals surface area contributed by atoms with Gasteiger partial charge in [-0.05, 0) is 22.6 Å². The summed E-state index contributed by atoms with van der Waals surface area (Å²) in [6.45, 7) is 0. The van der Waals surface area contributed by atoms with Crippen LogP contribution in [0.5, 0.6) is 5.75 Å². The molecule has 0 N–H and O–H groups in total. The lowest BCUT2D eigenvalue weighted by molar-refractivity contribution is 0.414. The molecule has 0 aliphatic heterocycles. The lowest BCUT2D eigenvalue weighted by Gasteiger charge is -2.07. The first-order valence-electron chi connectivity index (χ1n) is 4.43. The van der Waals surface area contributed by atoms with Crippen molar-refractivity contribution in [2.24, 2.45) is 0 Å². The van der Waals surface area contributed by atoms with E-state index in [1.165, 1.54) is 4.68 Å². The van der Waals surface area contributed by atoms with Gasteiger partial charge in [-0.1, -0.05) is 11.6 Å². The van der Waals surface area contributed by atoms with Gasteiger partial charge in [-0.2, -0.15) is 4.68 Å². The Balaban J connectivity index is 2.54. The third-order valence-corrected chi connectivity index (χ3v) is 2.59. The van der Waals surface area contributed by atoms with Crippen LogP contribution in [0.25, 0.3) is 5.69 Å². The first kappa shape index (κ1) is 11.2. The molecule has 84 valence electrons. The molecule has 0 fully saturated rings. The topological polar surface area (TPSA) is 52.8 Å². The lowest BCUT2D eigenvalue weighted by atomic mass is 10.3. The number of aromatic nitrogens is 4. The summed E-state index contributed by atoms with van der Waals surface area (Å²) in [5, 5.41) is 11.7. The van der Waals surface area contributed by atoms with Gasteiger partial charge in [0.05, 0.1) is 23.7 Å². The van der Waals surface area contributed by atoms with Crippen molar-refractivity contribution >= 4 is 23.2 Å². The summed E-state index contributed by atoms with van der Waals surface area (Å²) in [5.74, 6) is 1.41. The Kier molecular flexibility index (Phi) is 3.26. The van der Waals surface area contributed by atoms with Gasteiger partial charge in [0, 0.05) is 6.07 Å². The van der Waals surface area contributed by atoms with Gasteiger partial charge < -0.3 is 4.74 Å². The van der Waals surface area contributed by atoms with Crippen LogP contribution in [-0.2, 0) is 5.88 Å². The zero-order valence-corrected chi connectivity index (χ0v) is 9.90. The quantitative estimate of drug-likeness (QED) is 0.791. The zero-order chi connectivity index (χ0) is 11.5. The maximum absolute atomic E-state index is 6.06. The first-order chi connectivity index (χ1) is 7.76. The Morgan fingerprint density at radius 1 is 1.44 bits per heavy atom. The van der Waals surface area contributed by atoms with Crippen LogP contribution in [0.2, 0.25) is 5.02 Å². The number of alkyl halides is 1. The second kappa shape index (κ2) is 4.67. The van der Waals surface area contributed by atoms with Crippen molar-refractivity contribution in [3.05, 3.63) is 29.0 Å². The van der Waals surface area contributed by atoms with Crippen molar-refractivity contribution in [2.75, 3.05) is 7.11 Å². The highest BCUT2D eigenvalue weighted by Gasteiger charge is 2.11. The summed E-state index contributed by atoms with van der Waals surface area (Å²) in [5.41, 5.74) is 0.640. The van der Waals surface area contributed by atoms with E-state index >= 15 is 0 Å². The lowest BCUT2D eigenvalue weighted by Crippen LogP contribution is -2.02. The van der Waals surface area contributed by atoms with Crippen LogP contribution in [0.3, 0.4) is 0 Å². The maximum atomic E-state index is 6.06. The van der Waals surface area contributed by atoms with Crippen molar-refractivity contribution < 1.29 is 4.74 Å². The van der Waals surface area contributed by atoms with E-state index in [4.69, 9.17) is 27.9 Å². The highest BCUT2D eigenvalue weighted by Crippen LogP contribution is 2.25. The fraction of sp³-hybridized carbons (Fsp3) is 0.222. The van der Waals surface area contributed by atoms with E-state index in [9.17, 15) is 0 Å². The number of halogens is 2. The molecule has 0 aliphatic carbocycles. The molecule has 0 atom stereocenters. The second-order valence-electron chi connectivity index (χ2n) is 2.96. The maximum Gasteiger partial charge on any atom is 0.171 e. The van der Waals surface area contributed by atoms with Crippen LogP contribution < -0.4 is 4.74 Å². The molecule has 2 rings (SSSR count). The van der Waals surface area contributed by atoms with E-state index in [0.29, 0.717) is 22.3 Å². The van der Waals surface area contributed by atoms with Gasteiger partial charge in [0.1, 0.15) is 5.75 Å². The van der Waals surface area contributed by atoms with Crippen LogP contribution in [0.1, 0.15) is 5.82 Å². The molecule has 5 nitrogen and oxygen atoms in total. The normalized spacial score (nSPS) is 10.4. The summed E-state index contributed by atoms with van der Waals surface area (Å²) in [6.07, 6.45) is 0. The third-order valence-electron chi connectivity index (χ3n) is 2.04. The number of benzene rings is 1. The predicted octanol–water partition coefficient (Wildman–Crippen LogP) is 2.06. The molecule has 0 saturated carbocycles. The third kappa shape index (κ3) is 1.96. The fourth-order valence-corrected chi connectivity index (χ4v) is 1.62. The molecule has 2 aromatic rings. The van der Waals surface area contributed by atoms with Gasteiger partial charge in [-0.3, -0.25) is 0 Å². The molecule has 0 bridgehead atoms. The van der Waals surface area contributed by atoms with Crippen LogP contribution >= 0.6 is 23.2 Å². The molecular formula is C9H8Cl2N4O. The molecule has 0 unspecified atom stereocenters. The Morgan fingerprint density at radius 2 is 2.25 bits per heavy atom. The van der Waals surface area contributed by atoms with Crippen molar-refractivity contribution in [1.82, 2.24) is 20.2 Å². The molecule has 0 aliphatic rings. The minimum Gasteiger partial charge on any atom is -0.497 e. The van der Waals surface area contributed by atoms with Crippen LogP contribution in [-0.4, -0.2) is 27.3 Å². The Bertz CT molecular complexity index is 500. The zero-order valence-electron chi connectivity index (χ0n) is 8.39. The number of ether oxygens (including phenoxy) is 1. The smallest absolute Gasteiger partial charge is 0.171 e. The summed E-state index contributed by atoms with van der Waals surface area (Å²) in [4.78, 5) is 0. The van der Waals surface area contributed by atoms with E-state index in [1.807, 2.05) is 0 Å². The van der Waals surface area contributed by atoms with Crippen molar-refractivity contribution in [2.45, 2.75) is 5.88 Å². The average Bonchev–Trinajstić information content (AvgIpc) is 2.77. The molecule has 0 saturated heterocycles. The highest BCUT2D eigenvalue weighted by atomic mass is 35.5. The minimum absolute atomic E-state index is 0.209. The molecule has 0 spiro atoms. The van der Waals surface area contributed by atoms with Crippen molar-refractivity contribution in [3.63, 3.8) is 0 Å². The summed E-state index contributed by atoms with van der Waals surface area (Å²) < 4.78 is 6.59. The van der Waals surface area contributed by atoms with E-state index < -0.39 is 0 Å². The van der Waals surface area contributed by atoms with E-state index in [2.05, 4.69) is 15.5 Å². The number of rotatable bonds is 3. The largest absolute Gasteiger partial charge is 0.497 e. The van der Waals surface area contributed by atoms with Gasteiger partial charge in [0.2, 0.25) is 0 Å². The van der Waals surface area contributed by atoms with Crippen molar-refractivity contribution in [3.8, 4) is 11.4 Å². The SMILES string of the molecule is COc1ccc(Cl)c(-n2nnnc2CCl)c1. The Labute approximate surface area is 102 Å². The summed E-state index contributed by atoms with van der Waals surface area (Å²) in [6, 6.07) is 5.22. The number of methoxy groups -OCH3 is 1. The molecule has 7 heteroatoms. The molecule has 1 aromatic carbocycles. The first-order valence-corrected chi connectivity index (χ1v) is 5.34. The number of nitrogens with zero attached hydrogens (tertiary/aromatic N) is 4. The predicted molar refractivity (Wildman–Crippen MR) is 60.3 cm³/mol. The second-order valence-corrected chi connectivity index (χ2v) is 3.63. The van der Waals surface area contributed by atoms with E-state index in [0.717, 1.165) is 0 Å². The highest BCUT2D eigenvalue weighted by molar-refractivity contribution is 6.32. The van der Waals surface area contributed by atoms with Gasteiger partial charge in [0.25, 0.3) is 0 Å². The molecule has 0 amide bonds. The molecule has 1 aromatic heterocycles. The standard InChI is InChI=1S/C9H8Cl2N4O/c1-16-6-2-3-7(11)8(4-6)15-9(5-10)12-13-14-15/h2-4H,5H2,1H3. The van der Waals surface area contributed by atoms with Gasteiger partial charge in [0.15, 0.2) is 5.82 Å². The molecule has 0 radical (unpaired) electrons. The number of tetrazole rings is 1. The van der Waals surface area contributed by atoms with E-state index in [-0.39, 0.29) is 5.88 Å². The molecule has 1 heterocycles. The number of hydrogen-bond acceptors (Lipinski definition) is 4. The average molecular weight is 259 g/mol. The minimum atomic E-state index is 0.209. The van der Waals surface area contributed by atoms with Gasteiger partial charge in [-0.15, -0.1) is 16.7 Å². The van der Waals surface area contributed by atoms with Gasteiger partial charge in [-0.25, -0.2) is 0 Å². The number of hydrogen-bond donors (Lipinski definition) is 0. The molecular weight excluding hydrogens is 251 g/mol. The summed E-state index contributed by atoms with van der Waals surface area (Å²) >= 11 is 11.8. The summed E-state index contributed by atoms with van der Waals surface area (Å²) in [7, 11) is 1.58. The van der Waals surface area contributed by atoms with Crippen LogP contribution in [0.15, 0.2) is 18.2 Å². The van der Waals surface area contributed by atoms with Crippen molar-refractivity contribution in [1.29, 1.82) is 0 Å². The van der Waals surface area contributed by atoms with Crippen LogP contribution in [0, 0.1) is 0 Å². The Morgan fingerprint density at radius 3 is 2.94 bits per heavy atom. The Hall–Kier alpha value is -1.33. The van der Waals surface area contributed by atoms with E-state index in [1.54, 1.807) is 25.3 Å². The molecule has 16 heavy (non-hydrogen) atoms. The van der Waals surface area contributed by atoms with Crippen LogP contribution in [0.4, 0.5) is 0 Å². The monoisotopic (exact) mass is 258 g/mol.